The number of nitrogens with one attached hydrogen (secondary N) is 1. The number of ether oxygens (including phenoxy) is 1. The number of hydrogen-bond acceptors (Lipinski definition) is 2. The van der Waals surface area contributed by atoms with E-state index in [9.17, 15) is 18.0 Å². The number of halogens is 4. The summed E-state index contributed by atoms with van der Waals surface area (Å²) in [4.78, 5) is 11.1. The molecule has 1 aromatic rings. The summed E-state index contributed by atoms with van der Waals surface area (Å²) in [6, 6.07) is 3.31. The molecule has 7 heteroatoms. The van der Waals surface area contributed by atoms with Gasteiger partial charge in [-0.1, -0.05) is 32.4 Å². The average Bonchev–Trinajstić information content (AvgIpc) is 2.33. The molecule has 0 aliphatic rings. The summed E-state index contributed by atoms with van der Waals surface area (Å²) in [5, 5.41) is 2.42. The first kappa shape index (κ1) is 17.6. The van der Waals surface area contributed by atoms with Gasteiger partial charge in [0.1, 0.15) is 5.75 Å². The maximum absolute atomic E-state index is 11.9. The van der Waals surface area contributed by atoms with E-state index in [4.69, 9.17) is 11.6 Å². The number of carbonyl (C=O) groups is 1. The van der Waals surface area contributed by atoms with Gasteiger partial charge in [0.15, 0.2) is 0 Å². The highest BCUT2D eigenvalue weighted by atomic mass is 35.5. The number of carbonyl (C=O) groups excluding carboxylic acids is 1. The van der Waals surface area contributed by atoms with E-state index >= 15 is 0 Å². The van der Waals surface area contributed by atoms with Crippen molar-refractivity contribution in [3.05, 3.63) is 23.2 Å². The average molecular weight is 298 g/mol. The predicted molar refractivity (Wildman–Crippen MR) is 68.4 cm³/mol. The fraction of sp³-hybridized carbons (Fsp3) is 0.417. The van der Waals surface area contributed by atoms with Gasteiger partial charge in [-0.05, 0) is 12.1 Å². The molecule has 1 amide bonds. The van der Waals surface area contributed by atoms with Crippen LogP contribution in [-0.2, 0) is 4.79 Å². The van der Waals surface area contributed by atoms with Crippen LogP contribution in [0.15, 0.2) is 18.2 Å². The first-order chi connectivity index (χ1) is 8.81. The lowest BCUT2D eigenvalue weighted by atomic mass is 10.3. The molecule has 1 N–H and O–H groups in total. The zero-order valence-electron chi connectivity index (χ0n) is 10.8. The summed E-state index contributed by atoms with van der Waals surface area (Å²) in [5.74, 6) is -0.714. The lowest BCUT2D eigenvalue weighted by Crippen LogP contribution is -2.17. The Labute approximate surface area is 114 Å². The molecular weight excluding hydrogens is 283 g/mol. The molecule has 0 fully saturated rings. The van der Waals surface area contributed by atoms with Crippen LogP contribution in [-0.4, -0.2) is 12.3 Å². The highest BCUT2D eigenvalue weighted by molar-refractivity contribution is 6.33. The van der Waals surface area contributed by atoms with E-state index in [1.165, 1.54) is 6.07 Å². The highest BCUT2D eigenvalue weighted by Crippen LogP contribution is 2.30. The second-order valence-electron chi connectivity index (χ2n) is 3.09. The fourth-order valence-electron chi connectivity index (χ4n) is 1.03. The van der Waals surface area contributed by atoms with Gasteiger partial charge < -0.3 is 10.1 Å². The standard InChI is InChI=1S/C10H9ClF3NO2.C2H6/c1-2-9(16)15-8-4-3-6(5-7(8)11)17-10(12,13)14;1-2/h3-5H,2H2,1H3,(H,15,16);1-2H3. The van der Waals surface area contributed by atoms with E-state index in [0.717, 1.165) is 12.1 Å². The van der Waals surface area contributed by atoms with Crippen molar-refractivity contribution < 1.29 is 22.7 Å². The molecule has 0 atom stereocenters. The van der Waals surface area contributed by atoms with E-state index in [0.29, 0.717) is 0 Å². The Morgan fingerprint density at radius 1 is 1.37 bits per heavy atom. The number of amides is 1. The Morgan fingerprint density at radius 2 is 1.95 bits per heavy atom. The van der Waals surface area contributed by atoms with Crippen molar-refractivity contribution in [3.63, 3.8) is 0 Å². The van der Waals surface area contributed by atoms with Gasteiger partial charge in [0.2, 0.25) is 5.91 Å². The first-order valence-electron chi connectivity index (χ1n) is 5.67. The van der Waals surface area contributed by atoms with Crippen molar-refractivity contribution in [2.24, 2.45) is 0 Å². The van der Waals surface area contributed by atoms with Crippen molar-refractivity contribution >= 4 is 23.2 Å². The van der Waals surface area contributed by atoms with Crippen LogP contribution in [0.2, 0.25) is 5.02 Å². The van der Waals surface area contributed by atoms with Crippen LogP contribution in [0.4, 0.5) is 18.9 Å². The van der Waals surface area contributed by atoms with Gasteiger partial charge in [-0.3, -0.25) is 4.79 Å². The second kappa shape index (κ2) is 7.89. The Balaban J connectivity index is 0.00000154. The minimum Gasteiger partial charge on any atom is -0.406 e. The van der Waals surface area contributed by atoms with Gasteiger partial charge in [-0.15, -0.1) is 13.2 Å². The highest BCUT2D eigenvalue weighted by Gasteiger charge is 2.31. The topological polar surface area (TPSA) is 38.3 Å². The van der Waals surface area contributed by atoms with Crippen LogP contribution < -0.4 is 10.1 Å². The van der Waals surface area contributed by atoms with Crippen LogP contribution in [0.1, 0.15) is 27.2 Å². The maximum Gasteiger partial charge on any atom is 0.573 e. The Hall–Kier alpha value is -1.43. The van der Waals surface area contributed by atoms with Gasteiger partial charge in [0.25, 0.3) is 0 Å². The third-order valence-corrected chi connectivity index (χ3v) is 2.08. The van der Waals surface area contributed by atoms with Crippen molar-refractivity contribution in [2.75, 3.05) is 5.32 Å². The molecule has 0 radical (unpaired) electrons. The van der Waals surface area contributed by atoms with Gasteiger partial charge in [0, 0.05) is 12.5 Å². The van der Waals surface area contributed by atoms with Crippen molar-refractivity contribution in [1.29, 1.82) is 0 Å². The molecule has 0 aliphatic heterocycles. The van der Waals surface area contributed by atoms with Crippen molar-refractivity contribution in [2.45, 2.75) is 33.6 Å². The minimum atomic E-state index is -4.77. The molecule has 1 aromatic carbocycles. The van der Waals surface area contributed by atoms with Gasteiger partial charge in [-0.25, -0.2) is 0 Å². The number of alkyl halides is 3. The van der Waals surface area contributed by atoms with E-state index < -0.39 is 12.1 Å². The molecule has 0 unspecified atom stereocenters. The van der Waals surface area contributed by atoms with Gasteiger partial charge in [0.05, 0.1) is 10.7 Å². The van der Waals surface area contributed by atoms with E-state index in [1.807, 2.05) is 13.8 Å². The zero-order valence-corrected chi connectivity index (χ0v) is 11.5. The normalized spacial score (nSPS) is 10.3. The summed E-state index contributed by atoms with van der Waals surface area (Å²) < 4.78 is 39.4. The molecule has 3 nitrogen and oxygen atoms in total. The Morgan fingerprint density at radius 3 is 2.37 bits per heavy atom. The molecule has 1 rings (SSSR count). The third-order valence-electron chi connectivity index (χ3n) is 1.77. The largest absolute Gasteiger partial charge is 0.573 e. The third kappa shape index (κ3) is 6.91. The first-order valence-corrected chi connectivity index (χ1v) is 6.04. The zero-order chi connectivity index (χ0) is 15.1. The summed E-state index contributed by atoms with van der Waals surface area (Å²) >= 11 is 5.70. The number of benzene rings is 1. The number of rotatable bonds is 3. The Bertz CT molecular complexity index is 422. The summed E-state index contributed by atoms with van der Waals surface area (Å²) in [7, 11) is 0. The van der Waals surface area contributed by atoms with E-state index in [-0.39, 0.29) is 23.0 Å². The monoisotopic (exact) mass is 297 g/mol. The minimum absolute atomic E-state index is 0.0199. The number of anilines is 1. The summed E-state index contributed by atoms with van der Waals surface area (Å²) in [5.41, 5.74) is 0.244. The molecule has 19 heavy (non-hydrogen) atoms. The quantitative estimate of drug-likeness (QED) is 0.884. The van der Waals surface area contributed by atoms with Crippen LogP contribution >= 0.6 is 11.6 Å². The smallest absolute Gasteiger partial charge is 0.406 e. The molecule has 0 saturated heterocycles. The second-order valence-corrected chi connectivity index (χ2v) is 3.50. The molecule has 108 valence electrons. The molecular formula is C12H15ClF3NO2. The summed E-state index contributed by atoms with van der Waals surface area (Å²) in [6.45, 7) is 5.64. The molecule has 0 spiro atoms. The van der Waals surface area contributed by atoms with Crippen LogP contribution in [0.5, 0.6) is 5.75 Å². The SMILES string of the molecule is CC.CCC(=O)Nc1ccc(OC(F)(F)F)cc1Cl. The molecule has 0 saturated carbocycles. The predicted octanol–water partition coefficient (Wildman–Crippen LogP) is 4.61. The van der Waals surface area contributed by atoms with Crippen molar-refractivity contribution in [3.8, 4) is 5.75 Å². The van der Waals surface area contributed by atoms with Crippen LogP contribution in [0, 0.1) is 0 Å². The van der Waals surface area contributed by atoms with Gasteiger partial charge in [-0.2, -0.15) is 0 Å². The van der Waals surface area contributed by atoms with E-state index in [1.54, 1.807) is 6.92 Å². The lowest BCUT2D eigenvalue weighted by molar-refractivity contribution is -0.274. The maximum atomic E-state index is 11.9. The molecule has 0 aromatic heterocycles. The molecule has 0 aliphatic carbocycles. The summed E-state index contributed by atoms with van der Waals surface area (Å²) in [6.07, 6.45) is -4.52. The van der Waals surface area contributed by atoms with Crippen LogP contribution in [0.25, 0.3) is 0 Å². The fourth-order valence-corrected chi connectivity index (χ4v) is 1.25. The molecule has 0 bridgehead atoms. The van der Waals surface area contributed by atoms with Gasteiger partial charge >= 0.3 is 6.36 Å². The Kier molecular flexibility index (Phi) is 7.29. The lowest BCUT2D eigenvalue weighted by Gasteiger charge is -2.11. The number of hydrogen-bond donors (Lipinski definition) is 1. The van der Waals surface area contributed by atoms with Crippen LogP contribution in [0.3, 0.4) is 0 Å². The van der Waals surface area contributed by atoms with E-state index in [2.05, 4.69) is 10.1 Å². The molecule has 0 heterocycles. The van der Waals surface area contributed by atoms with Crippen molar-refractivity contribution in [1.82, 2.24) is 0 Å².